The monoisotopic (exact) mass is 187 g/mol. The van der Waals surface area contributed by atoms with Gasteiger partial charge in [0.2, 0.25) is 0 Å². The van der Waals surface area contributed by atoms with E-state index in [2.05, 4.69) is 12.2 Å². The molecule has 0 amide bonds. The van der Waals surface area contributed by atoms with Gasteiger partial charge in [-0.15, -0.1) is 0 Å². The molecule has 0 aliphatic carbocycles. The first-order valence-electron chi connectivity index (χ1n) is 5.01. The van der Waals surface area contributed by atoms with Crippen molar-refractivity contribution in [2.75, 3.05) is 6.61 Å². The summed E-state index contributed by atoms with van der Waals surface area (Å²) in [5.74, 6) is 0. The van der Waals surface area contributed by atoms with Gasteiger partial charge in [0.1, 0.15) is 0 Å². The Hall–Kier alpha value is -0.120. The van der Waals surface area contributed by atoms with Gasteiger partial charge >= 0.3 is 0 Å². The first kappa shape index (κ1) is 11.0. The maximum absolute atomic E-state index is 9.73. The Morgan fingerprint density at radius 3 is 2.54 bits per heavy atom. The minimum Gasteiger partial charge on any atom is -0.389 e. The second-order valence-corrected chi connectivity index (χ2v) is 4.51. The summed E-state index contributed by atoms with van der Waals surface area (Å²) >= 11 is 0. The van der Waals surface area contributed by atoms with Crippen molar-refractivity contribution in [1.82, 2.24) is 5.32 Å². The highest BCUT2D eigenvalue weighted by Gasteiger charge is 2.30. The first-order chi connectivity index (χ1) is 5.91. The number of rotatable bonds is 3. The van der Waals surface area contributed by atoms with E-state index in [0.717, 1.165) is 13.0 Å². The Kier molecular flexibility index (Phi) is 3.33. The van der Waals surface area contributed by atoms with E-state index in [0.29, 0.717) is 6.04 Å². The summed E-state index contributed by atoms with van der Waals surface area (Å²) in [6.07, 6.45) is 1.31. The average Bonchev–Trinajstić information content (AvgIpc) is 2.34. The van der Waals surface area contributed by atoms with Crippen molar-refractivity contribution >= 4 is 0 Å². The van der Waals surface area contributed by atoms with E-state index in [1.807, 2.05) is 20.8 Å². The number of ether oxygens (including phenoxy) is 1. The van der Waals surface area contributed by atoms with Crippen LogP contribution in [0.3, 0.4) is 0 Å². The maximum Gasteiger partial charge on any atom is 0.0741 e. The van der Waals surface area contributed by atoms with Gasteiger partial charge in [-0.25, -0.2) is 0 Å². The second kappa shape index (κ2) is 3.95. The molecule has 2 N–H and O–H groups in total. The SMILES string of the molecule is CC1OCCC1NC(C)C(C)(C)O. The zero-order chi connectivity index (χ0) is 10.1. The molecule has 3 atom stereocenters. The van der Waals surface area contributed by atoms with Gasteiger partial charge in [-0.2, -0.15) is 0 Å². The molecule has 1 fully saturated rings. The number of hydrogen-bond donors (Lipinski definition) is 2. The van der Waals surface area contributed by atoms with Gasteiger partial charge in [0.25, 0.3) is 0 Å². The average molecular weight is 187 g/mol. The van der Waals surface area contributed by atoms with Crippen LogP contribution in [0.15, 0.2) is 0 Å². The molecule has 1 heterocycles. The molecule has 0 radical (unpaired) electrons. The molecule has 3 heteroatoms. The van der Waals surface area contributed by atoms with Crippen molar-refractivity contribution in [3.63, 3.8) is 0 Å². The van der Waals surface area contributed by atoms with Gasteiger partial charge in [0.15, 0.2) is 0 Å². The third kappa shape index (κ3) is 2.93. The summed E-state index contributed by atoms with van der Waals surface area (Å²) in [5.41, 5.74) is -0.664. The number of aliphatic hydroxyl groups is 1. The molecule has 1 rings (SSSR count). The van der Waals surface area contributed by atoms with Crippen molar-refractivity contribution in [1.29, 1.82) is 0 Å². The van der Waals surface area contributed by atoms with E-state index in [-0.39, 0.29) is 12.1 Å². The molecule has 3 nitrogen and oxygen atoms in total. The summed E-state index contributed by atoms with van der Waals surface area (Å²) in [4.78, 5) is 0. The van der Waals surface area contributed by atoms with Crippen LogP contribution in [-0.2, 0) is 4.74 Å². The minimum atomic E-state index is -0.664. The zero-order valence-electron chi connectivity index (χ0n) is 9.00. The Balaban J connectivity index is 2.40. The molecule has 0 aromatic rings. The topological polar surface area (TPSA) is 41.5 Å². The lowest BCUT2D eigenvalue weighted by molar-refractivity contribution is 0.0335. The van der Waals surface area contributed by atoms with Gasteiger partial charge in [0, 0.05) is 18.7 Å². The van der Waals surface area contributed by atoms with Crippen LogP contribution in [0.4, 0.5) is 0 Å². The number of nitrogens with one attached hydrogen (secondary N) is 1. The molecular formula is C10H21NO2. The third-order valence-corrected chi connectivity index (χ3v) is 2.90. The van der Waals surface area contributed by atoms with Gasteiger partial charge in [-0.05, 0) is 34.1 Å². The fourth-order valence-corrected chi connectivity index (χ4v) is 1.48. The van der Waals surface area contributed by atoms with E-state index in [4.69, 9.17) is 4.74 Å². The molecule has 0 aromatic heterocycles. The van der Waals surface area contributed by atoms with Crippen LogP contribution < -0.4 is 5.32 Å². The van der Waals surface area contributed by atoms with Crippen LogP contribution in [0, 0.1) is 0 Å². The molecule has 13 heavy (non-hydrogen) atoms. The predicted octanol–water partition coefficient (Wildman–Crippen LogP) is 0.913. The Bertz CT molecular complexity index is 165. The van der Waals surface area contributed by atoms with Gasteiger partial charge in [-0.3, -0.25) is 0 Å². The molecule has 0 bridgehead atoms. The largest absolute Gasteiger partial charge is 0.389 e. The minimum absolute atomic E-state index is 0.0987. The molecule has 0 saturated carbocycles. The van der Waals surface area contributed by atoms with Crippen molar-refractivity contribution in [3.8, 4) is 0 Å². The fraction of sp³-hybridized carbons (Fsp3) is 1.00. The summed E-state index contributed by atoms with van der Waals surface area (Å²) in [6.45, 7) is 8.56. The van der Waals surface area contributed by atoms with Crippen LogP contribution in [0.5, 0.6) is 0 Å². The van der Waals surface area contributed by atoms with Crippen LogP contribution in [-0.4, -0.2) is 35.5 Å². The Labute approximate surface area is 80.5 Å². The molecule has 3 unspecified atom stereocenters. The molecule has 0 aromatic carbocycles. The summed E-state index contributed by atoms with van der Waals surface area (Å²) in [7, 11) is 0. The predicted molar refractivity (Wildman–Crippen MR) is 52.7 cm³/mol. The van der Waals surface area contributed by atoms with Crippen molar-refractivity contribution in [2.24, 2.45) is 0 Å². The zero-order valence-corrected chi connectivity index (χ0v) is 9.00. The molecule has 0 spiro atoms. The van der Waals surface area contributed by atoms with Gasteiger partial charge in [-0.1, -0.05) is 0 Å². The fourth-order valence-electron chi connectivity index (χ4n) is 1.48. The summed E-state index contributed by atoms with van der Waals surface area (Å²) < 4.78 is 5.43. The lowest BCUT2D eigenvalue weighted by Crippen LogP contribution is -2.50. The number of hydrogen-bond acceptors (Lipinski definition) is 3. The van der Waals surface area contributed by atoms with Gasteiger partial charge in [0.05, 0.1) is 11.7 Å². The standard InChI is InChI=1S/C10H21NO2/c1-7-9(5-6-13-7)11-8(2)10(3,4)12/h7-9,11-12H,5-6H2,1-4H3. The van der Waals surface area contributed by atoms with E-state index in [1.54, 1.807) is 0 Å². The molecule has 78 valence electrons. The summed E-state index contributed by atoms with van der Waals surface area (Å²) in [5, 5.41) is 13.1. The third-order valence-electron chi connectivity index (χ3n) is 2.90. The molecular weight excluding hydrogens is 166 g/mol. The Morgan fingerprint density at radius 1 is 1.54 bits per heavy atom. The quantitative estimate of drug-likeness (QED) is 0.690. The van der Waals surface area contributed by atoms with Crippen LogP contribution in [0.2, 0.25) is 0 Å². The van der Waals surface area contributed by atoms with E-state index in [1.165, 1.54) is 0 Å². The van der Waals surface area contributed by atoms with Crippen molar-refractivity contribution in [3.05, 3.63) is 0 Å². The Morgan fingerprint density at radius 2 is 2.15 bits per heavy atom. The first-order valence-corrected chi connectivity index (χ1v) is 5.01. The lowest BCUT2D eigenvalue weighted by Gasteiger charge is -2.30. The highest BCUT2D eigenvalue weighted by Crippen LogP contribution is 2.16. The van der Waals surface area contributed by atoms with Gasteiger partial charge < -0.3 is 15.2 Å². The van der Waals surface area contributed by atoms with Crippen LogP contribution in [0.25, 0.3) is 0 Å². The van der Waals surface area contributed by atoms with Crippen molar-refractivity contribution < 1.29 is 9.84 Å². The smallest absolute Gasteiger partial charge is 0.0741 e. The molecule has 1 aliphatic heterocycles. The highest BCUT2D eigenvalue weighted by molar-refractivity contribution is 4.87. The second-order valence-electron chi connectivity index (χ2n) is 4.51. The van der Waals surface area contributed by atoms with Crippen LogP contribution in [0.1, 0.15) is 34.1 Å². The highest BCUT2D eigenvalue weighted by atomic mass is 16.5. The lowest BCUT2D eigenvalue weighted by atomic mass is 9.99. The normalized spacial score (nSPS) is 32.1. The van der Waals surface area contributed by atoms with E-state index in [9.17, 15) is 5.11 Å². The van der Waals surface area contributed by atoms with Crippen molar-refractivity contribution in [2.45, 2.75) is 57.9 Å². The van der Waals surface area contributed by atoms with E-state index >= 15 is 0 Å². The summed E-state index contributed by atoms with van der Waals surface area (Å²) in [6, 6.07) is 0.489. The molecule has 1 saturated heterocycles. The van der Waals surface area contributed by atoms with Crippen LogP contribution >= 0.6 is 0 Å². The molecule has 1 aliphatic rings. The maximum atomic E-state index is 9.73. The van der Waals surface area contributed by atoms with E-state index < -0.39 is 5.60 Å².